The topological polar surface area (TPSA) is 76.2 Å². The molecule has 1 aromatic carbocycles. The highest BCUT2D eigenvalue weighted by atomic mass is 32.1. The molecule has 0 unspecified atom stereocenters. The Balaban J connectivity index is 2.37. The molecule has 0 radical (unpaired) electrons. The number of ether oxygens (including phenoxy) is 1. The Hall–Kier alpha value is -2.39. The van der Waals surface area contributed by atoms with Gasteiger partial charge >= 0.3 is 0 Å². The summed E-state index contributed by atoms with van der Waals surface area (Å²) in [4.78, 5) is 11.3. The van der Waals surface area contributed by atoms with E-state index in [0.29, 0.717) is 11.3 Å². The molecule has 2 rings (SSSR count). The summed E-state index contributed by atoms with van der Waals surface area (Å²) in [5.74, 6) is 0.559. The van der Waals surface area contributed by atoms with Crippen molar-refractivity contribution in [3.05, 3.63) is 45.8 Å². The molecule has 19 heavy (non-hydrogen) atoms. The van der Waals surface area contributed by atoms with E-state index in [-0.39, 0.29) is 18.7 Å². The molecule has 96 valence electrons. The summed E-state index contributed by atoms with van der Waals surface area (Å²) in [5, 5.41) is 21.2. The van der Waals surface area contributed by atoms with Crippen LogP contribution in [0.2, 0.25) is 0 Å². The maximum absolute atomic E-state index is 10.8. The van der Waals surface area contributed by atoms with E-state index in [1.165, 1.54) is 23.5 Å². The maximum Gasteiger partial charge on any atom is 0.270 e. The van der Waals surface area contributed by atoms with Gasteiger partial charge in [-0.3, -0.25) is 10.1 Å². The second-order valence-electron chi connectivity index (χ2n) is 3.67. The standard InChI is InChI=1S/C13H10N2O3S/c14-6-2-7-18-12-5-4-10(15(16)17)9-11(12)13-3-1-8-19-13/h1,3-5,8-9H,2,7H2. The number of nitro benzene ring substituents is 1. The van der Waals surface area contributed by atoms with Crippen LogP contribution in [0.15, 0.2) is 35.7 Å². The fourth-order valence-corrected chi connectivity index (χ4v) is 2.34. The van der Waals surface area contributed by atoms with Crippen molar-refractivity contribution in [3.8, 4) is 22.3 Å². The van der Waals surface area contributed by atoms with Gasteiger partial charge in [0.05, 0.1) is 17.4 Å². The van der Waals surface area contributed by atoms with Gasteiger partial charge in [0.2, 0.25) is 0 Å². The van der Waals surface area contributed by atoms with E-state index in [1.807, 2.05) is 23.6 Å². The van der Waals surface area contributed by atoms with Crippen LogP contribution in [0.5, 0.6) is 5.75 Å². The molecule has 1 heterocycles. The number of rotatable bonds is 5. The van der Waals surface area contributed by atoms with E-state index in [2.05, 4.69) is 0 Å². The molecule has 6 heteroatoms. The van der Waals surface area contributed by atoms with E-state index in [1.54, 1.807) is 6.07 Å². The van der Waals surface area contributed by atoms with E-state index >= 15 is 0 Å². The first-order chi connectivity index (χ1) is 9.22. The van der Waals surface area contributed by atoms with Gasteiger partial charge < -0.3 is 4.74 Å². The lowest BCUT2D eigenvalue weighted by Gasteiger charge is -2.09. The Morgan fingerprint density at radius 2 is 2.26 bits per heavy atom. The minimum atomic E-state index is -0.434. The van der Waals surface area contributed by atoms with Crippen LogP contribution in [-0.2, 0) is 0 Å². The number of hydrogen-bond acceptors (Lipinski definition) is 5. The summed E-state index contributed by atoms with van der Waals surface area (Å²) in [6.07, 6.45) is 0.279. The lowest BCUT2D eigenvalue weighted by Crippen LogP contribution is -1.98. The SMILES string of the molecule is N#CCCOc1ccc([N+](=O)[O-])cc1-c1cccs1. The Labute approximate surface area is 113 Å². The summed E-state index contributed by atoms with van der Waals surface area (Å²) >= 11 is 1.48. The van der Waals surface area contributed by atoms with E-state index in [0.717, 1.165) is 4.88 Å². The third-order valence-electron chi connectivity index (χ3n) is 2.43. The third-order valence-corrected chi connectivity index (χ3v) is 3.34. The van der Waals surface area contributed by atoms with Crippen molar-refractivity contribution < 1.29 is 9.66 Å². The molecule has 2 aromatic rings. The molecule has 0 aliphatic rings. The highest BCUT2D eigenvalue weighted by Crippen LogP contribution is 2.36. The number of benzene rings is 1. The molecule has 0 amide bonds. The number of nitrogens with zero attached hydrogens (tertiary/aromatic N) is 2. The predicted molar refractivity (Wildman–Crippen MR) is 72.1 cm³/mol. The zero-order chi connectivity index (χ0) is 13.7. The van der Waals surface area contributed by atoms with E-state index in [9.17, 15) is 10.1 Å². The van der Waals surface area contributed by atoms with E-state index < -0.39 is 4.92 Å². The van der Waals surface area contributed by atoms with Crippen LogP contribution < -0.4 is 4.74 Å². The third kappa shape index (κ3) is 3.09. The number of nitro groups is 1. The van der Waals surface area contributed by atoms with Gasteiger partial charge in [0.15, 0.2) is 0 Å². The lowest BCUT2D eigenvalue weighted by atomic mass is 10.1. The molecule has 0 bridgehead atoms. The first kappa shape index (κ1) is 13.1. The van der Waals surface area contributed by atoms with Crippen molar-refractivity contribution in [2.45, 2.75) is 6.42 Å². The molecular weight excluding hydrogens is 264 g/mol. The van der Waals surface area contributed by atoms with Crippen LogP contribution in [0.1, 0.15) is 6.42 Å². The first-order valence-corrected chi connectivity index (χ1v) is 6.42. The Bertz CT molecular complexity index is 617. The van der Waals surface area contributed by atoms with Gasteiger partial charge in [0.1, 0.15) is 12.4 Å². The van der Waals surface area contributed by atoms with Gasteiger partial charge in [-0.05, 0) is 17.5 Å². The van der Waals surface area contributed by atoms with Gasteiger partial charge in [-0.15, -0.1) is 11.3 Å². The van der Waals surface area contributed by atoms with Crippen molar-refractivity contribution >= 4 is 17.0 Å². The quantitative estimate of drug-likeness (QED) is 0.474. The van der Waals surface area contributed by atoms with Crippen LogP contribution in [0, 0.1) is 21.4 Å². The number of non-ortho nitro benzene ring substituents is 1. The van der Waals surface area contributed by atoms with Gasteiger partial charge in [0.25, 0.3) is 5.69 Å². The smallest absolute Gasteiger partial charge is 0.270 e. The number of thiophene rings is 1. The van der Waals surface area contributed by atoms with Crippen molar-refractivity contribution in [3.63, 3.8) is 0 Å². The summed E-state index contributed by atoms with van der Waals surface area (Å²) in [6, 6.07) is 10.2. The second kappa shape index (κ2) is 5.98. The van der Waals surface area contributed by atoms with Crippen LogP contribution >= 0.6 is 11.3 Å². The van der Waals surface area contributed by atoms with Crippen LogP contribution in [0.3, 0.4) is 0 Å². The highest BCUT2D eigenvalue weighted by Gasteiger charge is 2.14. The second-order valence-corrected chi connectivity index (χ2v) is 4.62. The maximum atomic E-state index is 10.8. The lowest BCUT2D eigenvalue weighted by molar-refractivity contribution is -0.384. The number of hydrogen-bond donors (Lipinski definition) is 0. The summed E-state index contributed by atoms with van der Waals surface area (Å²) < 4.78 is 5.50. The van der Waals surface area contributed by atoms with E-state index in [4.69, 9.17) is 10.00 Å². The molecule has 0 N–H and O–H groups in total. The molecule has 0 aliphatic carbocycles. The van der Waals surface area contributed by atoms with Gasteiger partial charge in [-0.1, -0.05) is 6.07 Å². The van der Waals surface area contributed by atoms with Crippen LogP contribution in [0.25, 0.3) is 10.4 Å². The molecule has 0 saturated carbocycles. The monoisotopic (exact) mass is 274 g/mol. The van der Waals surface area contributed by atoms with Gasteiger partial charge in [0, 0.05) is 22.6 Å². The minimum Gasteiger partial charge on any atom is -0.492 e. The van der Waals surface area contributed by atoms with Gasteiger partial charge in [-0.2, -0.15) is 5.26 Å². The summed E-state index contributed by atoms with van der Waals surface area (Å²) in [5.41, 5.74) is 0.707. The predicted octanol–water partition coefficient (Wildman–Crippen LogP) is 3.62. The van der Waals surface area contributed by atoms with Gasteiger partial charge in [-0.25, -0.2) is 0 Å². The first-order valence-electron chi connectivity index (χ1n) is 5.54. The zero-order valence-corrected chi connectivity index (χ0v) is 10.7. The Morgan fingerprint density at radius 3 is 2.89 bits per heavy atom. The van der Waals surface area contributed by atoms with Crippen molar-refractivity contribution in [1.82, 2.24) is 0 Å². The molecule has 0 atom stereocenters. The molecule has 1 aromatic heterocycles. The van der Waals surface area contributed by atoms with Crippen LogP contribution in [0.4, 0.5) is 5.69 Å². The largest absolute Gasteiger partial charge is 0.492 e. The summed E-state index contributed by atoms with van der Waals surface area (Å²) in [7, 11) is 0. The average Bonchev–Trinajstić information content (AvgIpc) is 2.93. The Morgan fingerprint density at radius 1 is 1.42 bits per heavy atom. The van der Waals surface area contributed by atoms with Crippen molar-refractivity contribution in [2.75, 3.05) is 6.61 Å². The normalized spacial score (nSPS) is 9.84. The minimum absolute atomic E-state index is 0.0241. The fourth-order valence-electron chi connectivity index (χ4n) is 1.59. The highest BCUT2D eigenvalue weighted by molar-refractivity contribution is 7.13. The average molecular weight is 274 g/mol. The molecule has 5 nitrogen and oxygen atoms in total. The molecule has 0 aliphatic heterocycles. The van der Waals surface area contributed by atoms with Crippen LogP contribution in [-0.4, -0.2) is 11.5 Å². The fraction of sp³-hybridized carbons (Fsp3) is 0.154. The molecule has 0 spiro atoms. The van der Waals surface area contributed by atoms with Crippen molar-refractivity contribution in [2.24, 2.45) is 0 Å². The van der Waals surface area contributed by atoms with Crippen molar-refractivity contribution in [1.29, 1.82) is 5.26 Å². The summed E-state index contributed by atoms with van der Waals surface area (Å²) in [6.45, 7) is 0.271. The Kier molecular flexibility index (Phi) is 4.11. The zero-order valence-electron chi connectivity index (χ0n) is 9.91. The number of nitriles is 1. The molecule has 0 saturated heterocycles. The molecule has 0 fully saturated rings. The molecular formula is C13H10N2O3S.